The van der Waals surface area contributed by atoms with Crippen LogP contribution in [0.1, 0.15) is 15.9 Å². The van der Waals surface area contributed by atoms with Crippen molar-refractivity contribution in [1.82, 2.24) is 0 Å². The van der Waals surface area contributed by atoms with Crippen molar-refractivity contribution in [2.45, 2.75) is 0 Å². The molecular formula is C17H16O4. The lowest BCUT2D eigenvalue weighted by Gasteiger charge is -2.09. The number of benzene rings is 2. The highest BCUT2D eigenvalue weighted by Gasteiger charge is 2.08. The zero-order chi connectivity index (χ0) is 15.2. The van der Waals surface area contributed by atoms with Gasteiger partial charge in [-0.25, -0.2) is 0 Å². The lowest BCUT2D eigenvalue weighted by atomic mass is 10.1. The van der Waals surface area contributed by atoms with Crippen LogP contribution in [0.2, 0.25) is 0 Å². The molecule has 0 aliphatic rings. The Morgan fingerprint density at radius 3 is 2.52 bits per heavy atom. The minimum atomic E-state index is -0.198. The van der Waals surface area contributed by atoms with Crippen LogP contribution in [-0.4, -0.2) is 25.1 Å². The molecule has 0 aliphatic carbocycles. The van der Waals surface area contributed by atoms with Crippen molar-refractivity contribution >= 4 is 11.9 Å². The van der Waals surface area contributed by atoms with E-state index in [1.54, 1.807) is 38.5 Å². The van der Waals surface area contributed by atoms with Crippen LogP contribution in [0.5, 0.6) is 17.2 Å². The van der Waals surface area contributed by atoms with E-state index in [4.69, 9.17) is 9.47 Å². The number of methoxy groups -OCH3 is 2. The Balaban J connectivity index is 2.27. The summed E-state index contributed by atoms with van der Waals surface area (Å²) in [7, 11) is 3.11. The lowest BCUT2D eigenvalue weighted by molar-refractivity contribution is 0.104. The van der Waals surface area contributed by atoms with Crippen molar-refractivity contribution in [1.29, 1.82) is 0 Å². The first-order valence-electron chi connectivity index (χ1n) is 6.38. The van der Waals surface area contributed by atoms with Crippen LogP contribution in [0.3, 0.4) is 0 Å². The maximum atomic E-state index is 12.1. The molecule has 2 aromatic rings. The molecule has 0 saturated carbocycles. The van der Waals surface area contributed by atoms with Crippen LogP contribution in [0.15, 0.2) is 48.5 Å². The molecule has 2 aromatic carbocycles. The lowest BCUT2D eigenvalue weighted by Crippen LogP contribution is -1.95. The third-order valence-electron chi connectivity index (χ3n) is 2.98. The van der Waals surface area contributed by atoms with Crippen LogP contribution in [0.4, 0.5) is 0 Å². The predicted octanol–water partition coefficient (Wildman–Crippen LogP) is 3.31. The molecule has 0 aliphatic heterocycles. The second-order valence-corrected chi connectivity index (χ2v) is 4.33. The Kier molecular flexibility index (Phi) is 4.61. The zero-order valence-corrected chi connectivity index (χ0v) is 11.9. The van der Waals surface area contributed by atoms with Crippen molar-refractivity contribution in [3.63, 3.8) is 0 Å². The summed E-state index contributed by atoms with van der Waals surface area (Å²) in [6.07, 6.45) is 3.10. The van der Waals surface area contributed by atoms with E-state index in [0.29, 0.717) is 17.1 Å². The number of hydrogen-bond acceptors (Lipinski definition) is 4. The third-order valence-corrected chi connectivity index (χ3v) is 2.98. The first-order valence-corrected chi connectivity index (χ1v) is 6.38. The minimum Gasteiger partial charge on any atom is -0.508 e. The van der Waals surface area contributed by atoms with Gasteiger partial charge < -0.3 is 14.6 Å². The van der Waals surface area contributed by atoms with E-state index < -0.39 is 0 Å². The standard InChI is InChI=1S/C17H16O4/c1-20-16-8-4-5-12(17(16)21-2)9-10-15(19)13-6-3-7-14(18)11-13/h3-11,18H,1-2H3/b10-9+. The quantitative estimate of drug-likeness (QED) is 0.676. The van der Waals surface area contributed by atoms with Crippen LogP contribution in [0, 0.1) is 0 Å². The maximum absolute atomic E-state index is 12.1. The summed E-state index contributed by atoms with van der Waals surface area (Å²) in [6, 6.07) is 11.7. The van der Waals surface area contributed by atoms with Gasteiger partial charge in [-0.15, -0.1) is 0 Å². The summed E-state index contributed by atoms with van der Waals surface area (Å²) in [4.78, 5) is 12.1. The monoisotopic (exact) mass is 284 g/mol. The molecule has 0 fully saturated rings. The Morgan fingerprint density at radius 1 is 1.10 bits per heavy atom. The molecule has 0 aromatic heterocycles. The molecule has 4 heteroatoms. The molecule has 4 nitrogen and oxygen atoms in total. The summed E-state index contributed by atoms with van der Waals surface area (Å²) in [6.45, 7) is 0. The van der Waals surface area contributed by atoms with Gasteiger partial charge in [0.1, 0.15) is 5.75 Å². The van der Waals surface area contributed by atoms with Crippen molar-refractivity contribution in [3.05, 3.63) is 59.7 Å². The molecule has 0 atom stereocenters. The molecule has 0 saturated heterocycles. The highest BCUT2D eigenvalue weighted by atomic mass is 16.5. The van der Waals surface area contributed by atoms with Gasteiger partial charge in [0, 0.05) is 11.1 Å². The summed E-state index contributed by atoms with van der Waals surface area (Å²) in [5.74, 6) is 1.04. The highest BCUT2D eigenvalue weighted by Crippen LogP contribution is 2.31. The number of rotatable bonds is 5. The maximum Gasteiger partial charge on any atom is 0.185 e. The number of carbonyl (C=O) groups excluding carboxylic acids is 1. The smallest absolute Gasteiger partial charge is 0.185 e. The average molecular weight is 284 g/mol. The fourth-order valence-corrected chi connectivity index (χ4v) is 1.96. The second-order valence-electron chi connectivity index (χ2n) is 4.33. The molecule has 108 valence electrons. The van der Waals surface area contributed by atoms with E-state index in [0.717, 1.165) is 5.56 Å². The van der Waals surface area contributed by atoms with Gasteiger partial charge in [-0.1, -0.05) is 24.3 Å². The highest BCUT2D eigenvalue weighted by molar-refractivity contribution is 6.07. The van der Waals surface area contributed by atoms with Crippen molar-refractivity contribution in [2.24, 2.45) is 0 Å². The summed E-state index contributed by atoms with van der Waals surface area (Å²) in [5.41, 5.74) is 1.17. The largest absolute Gasteiger partial charge is 0.508 e. The predicted molar refractivity (Wildman–Crippen MR) is 81.0 cm³/mol. The minimum absolute atomic E-state index is 0.0632. The van der Waals surface area contributed by atoms with Crippen LogP contribution >= 0.6 is 0 Å². The number of carbonyl (C=O) groups is 1. The van der Waals surface area contributed by atoms with E-state index in [2.05, 4.69) is 0 Å². The van der Waals surface area contributed by atoms with E-state index >= 15 is 0 Å². The molecule has 0 amide bonds. The molecule has 21 heavy (non-hydrogen) atoms. The first kappa shape index (κ1) is 14.7. The molecule has 0 heterocycles. The fraction of sp³-hybridized carbons (Fsp3) is 0.118. The SMILES string of the molecule is COc1cccc(/C=C/C(=O)c2cccc(O)c2)c1OC. The van der Waals surface area contributed by atoms with Gasteiger partial charge >= 0.3 is 0 Å². The van der Waals surface area contributed by atoms with E-state index in [1.165, 1.54) is 18.2 Å². The first-order chi connectivity index (χ1) is 10.2. The van der Waals surface area contributed by atoms with Gasteiger partial charge in [0.25, 0.3) is 0 Å². The molecule has 2 rings (SSSR count). The van der Waals surface area contributed by atoms with Gasteiger partial charge in [0.05, 0.1) is 14.2 Å². The zero-order valence-electron chi connectivity index (χ0n) is 11.9. The van der Waals surface area contributed by atoms with Gasteiger partial charge in [0.15, 0.2) is 17.3 Å². The summed E-state index contributed by atoms with van der Waals surface area (Å²) < 4.78 is 10.5. The molecular weight excluding hydrogens is 268 g/mol. The van der Waals surface area contributed by atoms with Crippen molar-refractivity contribution in [2.75, 3.05) is 14.2 Å². The van der Waals surface area contributed by atoms with E-state index in [1.807, 2.05) is 12.1 Å². The molecule has 0 bridgehead atoms. The topological polar surface area (TPSA) is 55.8 Å². The summed E-state index contributed by atoms with van der Waals surface area (Å²) >= 11 is 0. The van der Waals surface area contributed by atoms with Crippen LogP contribution in [-0.2, 0) is 0 Å². The number of ketones is 1. The number of hydrogen-bond donors (Lipinski definition) is 1. The fourth-order valence-electron chi connectivity index (χ4n) is 1.96. The Labute approximate surface area is 123 Å². The van der Waals surface area contributed by atoms with E-state index in [-0.39, 0.29) is 11.5 Å². The molecule has 0 radical (unpaired) electrons. The summed E-state index contributed by atoms with van der Waals surface area (Å²) in [5, 5.41) is 9.38. The van der Waals surface area contributed by atoms with Crippen molar-refractivity contribution in [3.8, 4) is 17.2 Å². The number of para-hydroxylation sites is 1. The normalized spacial score (nSPS) is 10.6. The Hall–Kier alpha value is -2.75. The van der Waals surface area contributed by atoms with Gasteiger partial charge in [-0.3, -0.25) is 4.79 Å². The van der Waals surface area contributed by atoms with Gasteiger partial charge in [-0.2, -0.15) is 0 Å². The second kappa shape index (κ2) is 6.61. The van der Waals surface area contributed by atoms with Gasteiger partial charge in [0.2, 0.25) is 0 Å². The van der Waals surface area contributed by atoms with E-state index in [9.17, 15) is 9.90 Å². The number of phenols is 1. The number of ether oxygens (including phenoxy) is 2. The average Bonchev–Trinajstić information content (AvgIpc) is 2.51. The van der Waals surface area contributed by atoms with Crippen LogP contribution in [0.25, 0.3) is 6.08 Å². The molecule has 0 spiro atoms. The van der Waals surface area contributed by atoms with Gasteiger partial charge in [-0.05, 0) is 30.4 Å². The number of phenolic OH excluding ortho intramolecular Hbond substituents is 1. The van der Waals surface area contributed by atoms with Crippen LogP contribution < -0.4 is 9.47 Å². The number of aromatic hydroxyl groups is 1. The van der Waals surface area contributed by atoms with Crippen molar-refractivity contribution < 1.29 is 19.4 Å². The molecule has 0 unspecified atom stereocenters. The Morgan fingerprint density at radius 2 is 1.86 bits per heavy atom. The third kappa shape index (κ3) is 3.42. The Bertz CT molecular complexity index is 674. The molecule has 1 N–H and O–H groups in total. The number of allylic oxidation sites excluding steroid dienone is 1.